The minimum Gasteiger partial charge on any atom is -0.361 e. The summed E-state index contributed by atoms with van der Waals surface area (Å²) < 4.78 is 2.25. The average Bonchev–Trinajstić information content (AvgIpc) is 2.48. The molecule has 0 aliphatic heterocycles. The zero-order valence-corrected chi connectivity index (χ0v) is 9.66. The molecule has 0 atom stereocenters. The molecule has 0 spiro atoms. The Morgan fingerprint density at radius 3 is 2.75 bits per heavy atom. The van der Waals surface area contributed by atoms with Crippen LogP contribution >= 0.6 is 31.9 Å². The monoisotopic (exact) mass is 287 g/mol. The highest BCUT2D eigenvalue weighted by atomic mass is 79.9. The van der Waals surface area contributed by atoms with E-state index in [-0.39, 0.29) is 0 Å². The molecule has 2 rings (SSSR count). The summed E-state index contributed by atoms with van der Waals surface area (Å²) in [4.78, 5) is 3.21. The Bertz CT molecular complexity index is 431. The van der Waals surface area contributed by atoms with Crippen molar-refractivity contribution >= 4 is 42.8 Å². The van der Waals surface area contributed by atoms with Gasteiger partial charge < -0.3 is 4.98 Å². The molecule has 62 valence electrons. The fourth-order valence-corrected chi connectivity index (χ4v) is 2.59. The van der Waals surface area contributed by atoms with Crippen molar-refractivity contribution in [2.45, 2.75) is 6.92 Å². The Labute approximate surface area is 87.4 Å². The lowest BCUT2D eigenvalue weighted by Crippen LogP contribution is -1.79. The Kier molecular flexibility index (Phi) is 2.00. The lowest BCUT2D eigenvalue weighted by atomic mass is 10.2. The average molecular weight is 289 g/mol. The molecular weight excluding hydrogens is 282 g/mol. The standard InChI is InChI=1S/C9H7Br2N/c1-5-7(10)4-8(11)6-2-3-12-9(5)6/h2-4,12H,1H3. The Morgan fingerprint density at radius 1 is 1.25 bits per heavy atom. The van der Waals surface area contributed by atoms with Gasteiger partial charge in [0, 0.05) is 20.5 Å². The molecule has 0 unspecified atom stereocenters. The lowest BCUT2D eigenvalue weighted by Gasteiger charge is -2.01. The van der Waals surface area contributed by atoms with E-state index in [2.05, 4.69) is 55.9 Å². The highest BCUT2D eigenvalue weighted by molar-refractivity contribution is 9.11. The van der Waals surface area contributed by atoms with E-state index >= 15 is 0 Å². The maximum Gasteiger partial charge on any atom is 0.0506 e. The van der Waals surface area contributed by atoms with E-state index in [9.17, 15) is 0 Å². The van der Waals surface area contributed by atoms with E-state index < -0.39 is 0 Å². The summed E-state index contributed by atoms with van der Waals surface area (Å²) in [6, 6.07) is 4.14. The van der Waals surface area contributed by atoms with Gasteiger partial charge in [0.2, 0.25) is 0 Å². The third-order valence-electron chi connectivity index (χ3n) is 1.99. The van der Waals surface area contributed by atoms with Crippen molar-refractivity contribution in [3.63, 3.8) is 0 Å². The fraction of sp³-hybridized carbons (Fsp3) is 0.111. The predicted octanol–water partition coefficient (Wildman–Crippen LogP) is 4.00. The third kappa shape index (κ3) is 1.12. The van der Waals surface area contributed by atoms with Crippen molar-refractivity contribution in [1.82, 2.24) is 4.98 Å². The van der Waals surface area contributed by atoms with Gasteiger partial charge >= 0.3 is 0 Å². The van der Waals surface area contributed by atoms with Crippen LogP contribution in [0.5, 0.6) is 0 Å². The number of hydrogen-bond acceptors (Lipinski definition) is 0. The van der Waals surface area contributed by atoms with E-state index in [4.69, 9.17) is 0 Å². The van der Waals surface area contributed by atoms with E-state index in [1.165, 1.54) is 16.5 Å². The molecular formula is C9H7Br2N. The maximum atomic E-state index is 3.51. The molecule has 1 aromatic carbocycles. The normalized spacial score (nSPS) is 10.9. The number of benzene rings is 1. The van der Waals surface area contributed by atoms with Crippen molar-refractivity contribution in [3.05, 3.63) is 32.8 Å². The molecule has 0 saturated heterocycles. The number of nitrogens with one attached hydrogen (secondary N) is 1. The quantitative estimate of drug-likeness (QED) is 0.754. The van der Waals surface area contributed by atoms with Crippen molar-refractivity contribution in [3.8, 4) is 0 Å². The van der Waals surface area contributed by atoms with Crippen molar-refractivity contribution < 1.29 is 0 Å². The molecule has 0 saturated carbocycles. The summed E-state index contributed by atoms with van der Waals surface area (Å²) in [5, 5.41) is 1.23. The van der Waals surface area contributed by atoms with Crippen LogP contribution in [-0.2, 0) is 0 Å². The second-order valence-corrected chi connectivity index (χ2v) is 4.44. The summed E-state index contributed by atoms with van der Waals surface area (Å²) in [7, 11) is 0. The molecule has 0 radical (unpaired) electrons. The van der Waals surface area contributed by atoms with Gasteiger partial charge in [-0.05, 0) is 24.6 Å². The van der Waals surface area contributed by atoms with E-state index in [1.807, 2.05) is 6.20 Å². The van der Waals surface area contributed by atoms with Gasteiger partial charge in [-0.25, -0.2) is 0 Å². The molecule has 1 heterocycles. The molecule has 0 bridgehead atoms. The molecule has 1 N–H and O–H groups in total. The number of aromatic nitrogens is 1. The number of aryl methyl sites for hydroxylation is 1. The predicted molar refractivity (Wildman–Crippen MR) is 58.4 cm³/mol. The van der Waals surface area contributed by atoms with Gasteiger partial charge in [0.15, 0.2) is 0 Å². The molecule has 0 fully saturated rings. The largest absolute Gasteiger partial charge is 0.361 e. The summed E-state index contributed by atoms with van der Waals surface area (Å²) in [6.07, 6.45) is 1.95. The van der Waals surface area contributed by atoms with Crippen LogP contribution in [-0.4, -0.2) is 4.98 Å². The number of halogens is 2. The van der Waals surface area contributed by atoms with Gasteiger partial charge in [-0.15, -0.1) is 0 Å². The number of rotatable bonds is 0. The first-order chi connectivity index (χ1) is 5.70. The van der Waals surface area contributed by atoms with E-state index in [0.717, 1.165) is 8.95 Å². The van der Waals surface area contributed by atoms with Crippen molar-refractivity contribution in [2.24, 2.45) is 0 Å². The minimum atomic E-state index is 1.12. The summed E-state index contributed by atoms with van der Waals surface area (Å²) in [6.45, 7) is 2.09. The van der Waals surface area contributed by atoms with Gasteiger partial charge in [-0.3, -0.25) is 0 Å². The molecule has 0 aliphatic carbocycles. The summed E-state index contributed by atoms with van der Waals surface area (Å²) in [5.74, 6) is 0. The first kappa shape index (κ1) is 8.32. The highest BCUT2D eigenvalue weighted by Crippen LogP contribution is 2.31. The van der Waals surface area contributed by atoms with Gasteiger partial charge in [0.1, 0.15) is 0 Å². The Hall–Kier alpha value is -0.280. The third-order valence-corrected chi connectivity index (χ3v) is 3.47. The fourth-order valence-electron chi connectivity index (χ4n) is 1.30. The number of aromatic amines is 1. The summed E-state index contributed by atoms with van der Waals surface area (Å²) in [5.41, 5.74) is 2.44. The molecule has 0 amide bonds. The maximum absolute atomic E-state index is 3.51. The van der Waals surface area contributed by atoms with Crippen LogP contribution in [0.25, 0.3) is 10.9 Å². The van der Waals surface area contributed by atoms with Crippen molar-refractivity contribution in [2.75, 3.05) is 0 Å². The van der Waals surface area contributed by atoms with E-state index in [1.54, 1.807) is 0 Å². The van der Waals surface area contributed by atoms with Gasteiger partial charge in [-0.2, -0.15) is 0 Å². The van der Waals surface area contributed by atoms with Crippen LogP contribution in [0.4, 0.5) is 0 Å². The van der Waals surface area contributed by atoms with Crippen LogP contribution in [0, 0.1) is 6.92 Å². The smallest absolute Gasteiger partial charge is 0.0506 e. The first-order valence-corrected chi connectivity index (χ1v) is 5.20. The Morgan fingerprint density at radius 2 is 2.00 bits per heavy atom. The number of hydrogen-bond donors (Lipinski definition) is 1. The lowest BCUT2D eigenvalue weighted by molar-refractivity contribution is 1.39. The van der Waals surface area contributed by atoms with Crippen molar-refractivity contribution in [1.29, 1.82) is 0 Å². The second-order valence-electron chi connectivity index (χ2n) is 2.73. The topological polar surface area (TPSA) is 15.8 Å². The number of H-pyrrole nitrogens is 1. The van der Waals surface area contributed by atoms with Crippen LogP contribution in [0.1, 0.15) is 5.56 Å². The molecule has 0 aliphatic rings. The van der Waals surface area contributed by atoms with Gasteiger partial charge in [0.05, 0.1) is 5.52 Å². The molecule has 1 nitrogen and oxygen atoms in total. The van der Waals surface area contributed by atoms with Crippen LogP contribution in [0.2, 0.25) is 0 Å². The zero-order valence-electron chi connectivity index (χ0n) is 6.49. The summed E-state index contributed by atoms with van der Waals surface area (Å²) >= 11 is 7.01. The first-order valence-electron chi connectivity index (χ1n) is 3.62. The van der Waals surface area contributed by atoms with Crippen LogP contribution < -0.4 is 0 Å². The SMILES string of the molecule is Cc1c(Br)cc(Br)c2cc[nH]c12. The Balaban J connectivity index is 2.97. The molecule has 12 heavy (non-hydrogen) atoms. The molecule has 2 aromatic rings. The molecule has 1 aromatic heterocycles. The highest BCUT2D eigenvalue weighted by Gasteiger charge is 2.05. The number of fused-ring (bicyclic) bond motifs is 1. The van der Waals surface area contributed by atoms with Gasteiger partial charge in [0.25, 0.3) is 0 Å². The van der Waals surface area contributed by atoms with E-state index in [0.29, 0.717) is 0 Å². The zero-order chi connectivity index (χ0) is 8.72. The molecule has 3 heteroatoms. The minimum absolute atomic E-state index is 1.12. The van der Waals surface area contributed by atoms with Crippen LogP contribution in [0.3, 0.4) is 0 Å². The van der Waals surface area contributed by atoms with Crippen LogP contribution in [0.15, 0.2) is 27.3 Å². The second kappa shape index (κ2) is 2.89. The van der Waals surface area contributed by atoms with Gasteiger partial charge in [-0.1, -0.05) is 31.9 Å².